The lowest BCUT2D eigenvalue weighted by atomic mass is 10.3. The van der Waals surface area contributed by atoms with Gasteiger partial charge in [0.15, 0.2) is 0 Å². The summed E-state index contributed by atoms with van der Waals surface area (Å²) in [5.74, 6) is 0. The molecule has 0 unspecified atom stereocenters. The summed E-state index contributed by atoms with van der Waals surface area (Å²) in [6.45, 7) is 1.50. The third-order valence-corrected chi connectivity index (χ3v) is 2.98. The first kappa shape index (κ1) is 9.40. The highest BCUT2D eigenvalue weighted by molar-refractivity contribution is 7.98. The fraction of sp³-hybridized carbons (Fsp3) is 0.300. The Labute approximate surface area is 87.5 Å². The van der Waals surface area contributed by atoms with Crippen molar-refractivity contribution in [2.24, 2.45) is 0 Å². The van der Waals surface area contributed by atoms with E-state index in [1.807, 2.05) is 30.5 Å². The van der Waals surface area contributed by atoms with Crippen LogP contribution in [0.3, 0.4) is 0 Å². The predicted octanol–water partition coefficient (Wildman–Crippen LogP) is 1.94. The molecule has 0 spiro atoms. The van der Waals surface area contributed by atoms with Gasteiger partial charge in [0.25, 0.3) is 0 Å². The van der Waals surface area contributed by atoms with Gasteiger partial charge >= 0.3 is 6.03 Å². The van der Waals surface area contributed by atoms with Crippen LogP contribution in [-0.2, 0) is 0 Å². The first-order valence-electron chi connectivity index (χ1n) is 4.50. The number of anilines is 1. The van der Waals surface area contributed by atoms with E-state index >= 15 is 0 Å². The van der Waals surface area contributed by atoms with Crippen molar-refractivity contribution in [2.45, 2.75) is 4.90 Å². The summed E-state index contributed by atoms with van der Waals surface area (Å²) in [5.41, 5.74) is 0.970. The molecule has 1 heterocycles. The molecule has 0 saturated carbocycles. The van der Waals surface area contributed by atoms with Gasteiger partial charge in [-0.2, -0.15) is 0 Å². The molecule has 1 fully saturated rings. The van der Waals surface area contributed by atoms with Gasteiger partial charge in [-0.1, -0.05) is 0 Å². The van der Waals surface area contributed by atoms with Gasteiger partial charge in [-0.05, 0) is 30.5 Å². The van der Waals surface area contributed by atoms with Crippen LogP contribution in [0.25, 0.3) is 0 Å². The standard InChI is InChI=1S/C10H12N2OS/c1-14-9-4-2-8(3-5-9)12-7-6-11-10(12)13/h2-5H,6-7H2,1H3,(H,11,13). The molecule has 1 aliphatic heterocycles. The third-order valence-electron chi connectivity index (χ3n) is 2.24. The van der Waals surface area contributed by atoms with Crippen molar-refractivity contribution < 1.29 is 4.79 Å². The summed E-state index contributed by atoms with van der Waals surface area (Å²) in [7, 11) is 0. The molecule has 2 amide bonds. The van der Waals surface area contributed by atoms with Crippen molar-refractivity contribution in [1.29, 1.82) is 0 Å². The maximum atomic E-state index is 11.3. The van der Waals surface area contributed by atoms with Crippen LogP contribution < -0.4 is 10.2 Å². The van der Waals surface area contributed by atoms with Gasteiger partial charge in [-0.3, -0.25) is 4.90 Å². The second-order valence-electron chi connectivity index (χ2n) is 3.08. The largest absolute Gasteiger partial charge is 0.336 e. The van der Waals surface area contributed by atoms with E-state index in [2.05, 4.69) is 5.32 Å². The number of hydrogen-bond acceptors (Lipinski definition) is 2. The second-order valence-corrected chi connectivity index (χ2v) is 3.96. The van der Waals surface area contributed by atoms with E-state index < -0.39 is 0 Å². The first-order valence-corrected chi connectivity index (χ1v) is 5.73. The number of urea groups is 1. The summed E-state index contributed by atoms with van der Waals surface area (Å²) in [4.78, 5) is 14.3. The molecule has 2 rings (SSSR count). The van der Waals surface area contributed by atoms with Crippen LogP contribution >= 0.6 is 11.8 Å². The highest BCUT2D eigenvalue weighted by Crippen LogP contribution is 2.21. The van der Waals surface area contributed by atoms with Crippen molar-refractivity contribution >= 4 is 23.5 Å². The smallest absolute Gasteiger partial charge is 0.321 e. The molecule has 4 heteroatoms. The van der Waals surface area contributed by atoms with E-state index in [0.29, 0.717) is 0 Å². The lowest BCUT2D eigenvalue weighted by Crippen LogP contribution is -2.27. The van der Waals surface area contributed by atoms with Crippen molar-refractivity contribution in [2.75, 3.05) is 24.2 Å². The molecule has 0 bridgehead atoms. The Kier molecular flexibility index (Phi) is 2.63. The van der Waals surface area contributed by atoms with Crippen LogP contribution in [0, 0.1) is 0 Å². The number of thioether (sulfide) groups is 1. The van der Waals surface area contributed by atoms with Crippen LogP contribution in [0.1, 0.15) is 0 Å². The van der Waals surface area contributed by atoms with Gasteiger partial charge in [-0.15, -0.1) is 11.8 Å². The number of nitrogens with zero attached hydrogens (tertiary/aromatic N) is 1. The molecular formula is C10H12N2OS. The topological polar surface area (TPSA) is 32.3 Å². The summed E-state index contributed by atoms with van der Waals surface area (Å²) < 4.78 is 0. The maximum absolute atomic E-state index is 11.3. The molecule has 74 valence electrons. The van der Waals surface area contributed by atoms with Crippen LogP contribution in [0.15, 0.2) is 29.2 Å². The molecule has 1 saturated heterocycles. The highest BCUT2D eigenvalue weighted by atomic mass is 32.2. The van der Waals surface area contributed by atoms with Gasteiger partial charge in [0.05, 0.1) is 0 Å². The zero-order chi connectivity index (χ0) is 9.97. The van der Waals surface area contributed by atoms with E-state index in [9.17, 15) is 4.79 Å². The van der Waals surface area contributed by atoms with Gasteiger partial charge in [-0.25, -0.2) is 4.79 Å². The van der Waals surface area contributed by atoms with E-state index in [4.69, 9.17) is 0 Å². The second kappa shape index (κ2) is 3.92. The Morgan fingerprint density at radius 1 is 1.36 bits per heavy atom. The Balaban J connectivity index is 2.20. The molecule has 3 nitrogen and oxygen atoms in total. The average Bonchev–Trinajstić information content (AvgIpc) is 2.65. The van der Waals surface area contributed by atoms with Gasteiger partial charge < -0.3 is 5.32 Å². The number of hydrogen-bond donors (Lipinski definition) is 1. The average molecular weight is 208 g/mol. The molecule has 1 aliphatic rings. The van der Waals surface area contributed by atoms with E-state index in [-0.39, 0.29) is 6.03 Å². The summed E-state index contributed by atoms with van der Waals surface area (Å²) in [6.07, 6.45) is 2.04. The Hall–Kier alpha value is -1.16. The van der Waals surface area contributed by atoms with Crippen LogP contribution in [0.2, 0.25) is 0 Å². The summed E-state index contributed by atoms with van der Waals surface area (Å²) in [5, 5.41) is 2.78. The first-order chi connectivity index (χ1) is 6.81. The summed E-state index contributed by atoms with van der Waals surface area (Å²) >= 11 is 1.70. The number of rotatable bonds is 2. The van der Waals surface area contributed by atoms with Crippen molar-refractivity contribution in [3.63, 3.8) is 0 Å². The Morgan fingerprint density at radius 2 is 2.07 bits per heavy atom. The number of carbonyl (C=O) groups excluding carboxylic acids is 1. The van der Waals surface area contributed by atoms with Gasteiger partial charge in [0.1, 0.15) is 0 Å². The lowest BCUT2D eigenvalue weighted by molar-refractivity contribution is 0.252. The van der Waals surface area contributed by atoms with Crippen LogP contribution in [-0.4, -0.2) is 25.4 Å². The van der Waals surface area contributed by atoms with E-state index in [1.54, 1.807) is 16.7 Å². The van der Waals surface area contributed by atoms with Crippen molar-refractivity contribution in [1.82, 2.24) is 5.32 Å². The number of benzene rings is 1. The lowest BCUT2D eigenvalue weighted by Gasteiger charge is -2.13. The molecule has 1 aromatic rings. The zero-order valence-corrected chi connectivity index (χ0v) is 8.80. The monoisotopic (exact) mass is 208 g/mol. The van der Waals surface area contributed by atoms with Crippen LogP contribution in [0.4, 0.5) is 10.5 Å². The van der Waals surface area contributed by atoms with Gasteiger partial charge in [0, 0.05) is 23.7 Å². The molecule has 0 radical (unpaired) electrons. The Bertz CT molecular complexity index is 336. The van der Waals surface area contributed by atoms with Crippen molar-refractivity contribution in [3.8, 4) is 0 Å². The van der Waals surface area contributed by atoms with Gasteiger partial charge in [0.2, 0.25) is 0 Å². The number of amides is 2. The minimum absolute atomic E-state index is 0.00176. The molecule has 1 aromatic carbocycles. The number of carbonyl (C=O) groups is 1. The highest BCUT2D eigenvalue weighted by Gasteiger charge is 2.20. The van der Waals surface area contributed by atoms with Crippen molar-refractivity contribution in [3.05, 3.63) is 24.3 Å². The normalized spacial score (nSPS) is 15.8. The molecule has 0 aromatic heterocycles. The number of nitrogens with one attached hydrogen (secondary N) is 1. The zero-order valence-electron chi connectivity index (χ0n) is 7.99. The molecule has 14 heavy (non-hydrogen) atoms. The third kappa shape index (κ3) is 1.70. The minimum atomic E-state index is 0.00176. The predicted molar refractivity (Wildman–Crippen MR) is 59.0 cm³/mol. The molecule has 0 atom stereocenters. The maximum Gasteiger partial charge on any atom is 0.321 e. The van der Waals surface area contributed by atoms with Crippen LogP contribution in [0.5, 0.6) is 0 Å². The fourth-order valence-electron chi connectivity index (χ4n) is 1.48. The van der Waals surface area contributed by atoms with E-state index in [0.717, 1.165) is 18.8 Å². The quantitative estimate of drug-likeness (QED) is 0.753. The fourth-order valence-corrected chi connectivity index (χ4v) is 1.89. The molecular weight excluding hydrogens is 196 g/mol. The Morgan fingerprint density at radius 3 is 2.57 bits per heavy atom. The SMILES string of the molecule is CSc1ccc(N2CCNC2=O)cc1. The van der Waals surface area contributed by atoms with E-state index in [1.165, 1.54) is 4.90 Å². The summed E-state index contributed by atoms with van der Waals surface area (Å²) in [6, 6.07) is 8.03. The molecule has 1 N–H and O–H groups in total. The minimum Gasteiger partial charge on any atom is -0.336 e. The molecule has 0 aliphatic carbocycles.